The molecule has 1 aliphatic heterocycles. The van der Waals surface area contributed by atoms with E-state index in [1.807, 2.05) is 17.5 Å². The second-order valence-corrected chi connectivity index (χ2v) is 7.32. The summed E-state index contributed by atoms with van der Waals surface area (Å²) in [5.41, 5.74) is 0.300. The number of nitrogens with one attached hydrogen (secondary N) is 1. The van der Waals surface area contributed by atoms with Gasteiger partial charge in [0.1, 0.15) is 0 Å². The van der Waals surface area contributed by atoms with E-state index in [0.29, 0.717) is 5.54 Å². The minimum absolute atomic E-state index is 0.300. The minimum atomic E-state index is 0.300. The molecule has 6 heteroatoms. The molecule has 22 heavy (non-hydrogen) atoms. The summed E-state index contributed by atoms with van der Waals surface area (Å²) in [6, 6.07) is 4.05. The fourth-order valence-electron chi connectivity index (χ4n) is 3.82. The number of piperazine rings is 1. The SMILES string of the molecule is c1csc(-c2noc(CN3CCNCC34CCCCC4)n2)c1. The lowest BCUT2D eigenvalue weighted by atomic mass is 9.79. The van der Waals surface area contributed by atoms with Gasteiger partial charge in [-0.2, -0.15) is 4.98 Å². The number of rotatable bonds is 3. The van der Waals surface area contributed by atoms with Crippen LogP contribution in [0.5, 0.6) is 0 Å². The molecule has 1 N–H and O–H groups in total. The quantitative estimate of drug-likeness (QED) is 0.943. The summed E-state index contributed by atoms with van der Waals surface area (Å²) < 4.78 is 5.51. The summed E-state index contributed by atoms with van der Waals surface area (Å²) in [7, 11) is 0. The van der Waals surface area contributed by atoms with E-state index in [4.69, 9.17) is 4.52 Å². The third-order valence-corrected chi connectivity index (χ3v) is 5.87. The maximum Gasteiger partial charge on any atom is 0.241 e. The maximum absolute atomic E-state index is 5.51. The molecule has 2 aromatic heterocycles. The lowest BCUT2D eigenvalue weighted by Gasteiger charge is -2.49. The first kappa shape index (κ1) is 14.4. The molecule has 5 nitrogen and oxygen atoms in total. The Morgan fingerprint density at radius 1 is 1.32 bits per heavy atom. The van der Waals surface area contributed by atoms with Gasteiger partial charge in [-0.25, -0.2) is 0 Å². The van der Waals surface area contributed by atoms with Gasteiger partial charge in [-0.05, 0) is 24.3 Å². The second kappa shape index (κ2) is 6.10. The topological polar surface area (TPSA) is 54.2 Å². The van der Waals surface area contributed by atoms with Crippen molar-refractivity contribution in [1.82, 2.24) is 20.4 Å². The van der Waals surface area contributed by atoms with Crippen LogP contribution in [0.15, 0.2) is 22.0 Å². The Labute approximate surface area is 134 Å². The molecular formula is C16H22N4OS. The van der Waals surface area contributed by atoms with Gasteiger partial charge in [0.25, 0.3) is 0 Å². The molecule has 2 aromatic rings. The molecule has 0 bridgehead atoms. The van der Waals surface area contributed by atoms with E-state index in [2.05, 4.69) is 20.4 Å². The molecule has 0 atom stereocenters. The molecule has 0 aromatic carbocycles. The van der Waals surface area contributed by atoms with Crippen molar-refractivity contribution in [2.24, 2.45) is 0 Å². The fraction of sp³-hybridized carbons (Fsp3) is 0.625. The fourth-order valence-corrected chi connectivity index (χ4v) is 4.47. The molecule has 1 saturated carbocycles. The van der Waals surface area contributed by atoms with Gasteiger partial charge < -0.3 is 9.84 Å². The standard InChI is InChI=1S/C16H22N4OS/c1-2-6-16(7-3-1)12-17-8-9-20(16)11-14-18-15(19-21-14)13-5-4-10-22-13/h4-5,10,17H,1-3,6-9,11-12H2. The highest BCUT2D eigenvalue weighted by Gasteiger charge is 2.40. The number of thiophene rings is 1. The van der Waals surface area contributed by atoms with Crippen LogP contribution in [0.25, 0.3) is 10.7 Å². The van der Waals surface area contributed by atoms with E-state index in [1.165, 1.54) is 32.1 Å². The Morgan fingerprint density at radius 2 is 2.23 bits per heavy atom. The van der Waals surface area contributed by atoms with E-state index in [-0.39, 0.29) is 0 Å². The van der Waals surface area contributed by atoms with Crippen LogP contribution in [-0.2, 0) is 6.54 Å². The molecule has 2 fully saturated rings. The lowest BCUT2D eigenvalue weighted by molar-refractivity contribution is 0.0135. The van der Waals surface area contributed by atoms with Gasteiger partial charge in [0.15, 0.2) is 0 Å². The van der Waals surface area contributed by atoms with Gasteiger partial charge >= 0.3 is 0 Å². The Balaban J connectivity index is 1.51. The molecule has 4 rings (SSSR count). The lowest BCUT2D eigenvalue weighted by Crippen LogP contribution is -2.61. The average Bonchev–Trinajstić information content (AvgIpc) is 3.22. The number of hydrogen-bond acceptors (Lipinski definition) is 6. The first-order valence-electron chi connectivity index (χ1n) is 8.18. The van der Waals surface area contributed by atoms with E-state index in [0.717, 1.165) is 42.8 Å². The van der Waals surface area contributed by atoms with Gasteiger partial charge in [0.2, 0.25) is 11.7 Å². The van der Waals surface area contributed by atoms with Crippen molar-refractivity contribution in [1.29, 1.82) is 0 Å². The third kappa shape index (κ3) is 2.71. The predicted octanol–water partition coefficient (Wildman–Crippen LogP) is 2.91. The molecule has 118 valence electrons. The van der Waals surface area contributed by atoms with Crippen molar-refractivity contribution >= 4 is 11.3 Å². The zero-order valence-corrected chi connectivity index (χ0v) is 13.6. The summed E-state index contributed by atoms with van der Waals surface area (Å²) in [5.74, 6) is 1.47. The predicted molar refractivity (Wildman–Crippen MR) is 86.7 cm³/mol. The molecule has 2 aliphatic rings. The molecule has 1 saturated heterocycles. The van der Waals surface area contributed by atoms with E-state index in [1.54, 1.807) is 11.3 Å². The average molecular weight is 318 g/mol. The molecule has 3 heterocycles. The Bertz CT molecular complexity index is 595. The normalized spacial score (nSPS) is 22.2. The highest BCUT2D eigenvalue weighted by Crippen LogP contribution is 2.35. The van der Waals surface area contributed by atoms with Crippen LogP contribution < -0.4 is 5.32 Å². The first-order valence-corrected chi connectivity index (χ1v) is 9.06. The highest BCUT2D eigenvalue weighted by molar-refractivity contribution is 7.13. The molecule has 1 spiro atoms. The van der Waals surface area contributed by atoms with Crippen molar-refractivity contribution in [2.75, 3.05) is 19.6 Å². The summed E-state index contributed by atoms with van der Waals surface area (Å²) in [6.07, 6.45) is 6.61. The Kier molecular flexibility index (Phi) is 3.98. The smallest absolute Gasteiger partial charge is 0.241 e. The van der Waals surface area contributed by atoms with Gasteiger partial charge in [-0.3, -0.25) is 4.90 Å². The first-order chi connectivity index (χ1) is 10.9. The van der Waals surface area contributed by atoms with Gasteiger partial charge in [-0.1, -0.05) is 30.5 Å². The summed E-state index contributed by atoms with van der Waals surface area (Å²) in [6.45, 7) is 3.99. The van der Waals surface area contributed by atoms with Crippen LogP contribution in [0.1, 0.15) is 38.0 Å². The third-order valence-electron chi connectivity index (χ3n) is 5.00. The molecule has 0 radical (unpaired) electrons. The van der Waals surface area contributed by atoms with E-state index >= 15 is 0 Å². The maximum atomic E-state index is 5.51. The molecule has 1 aliphatic carbocycles. The van der Waals surface area contributed by atoms with Crippen molar-refractivity contribution in [3.63, 3.8) is 0 Å². The van der Waals surface area contributed by atoms with Crippen LogP contribution in [0.2, 0.25) is 0 Å². The van der Waals surface area contributed by atoms with Crippen LogP contribution in [0.3, 0.4) is 0 Å². The van der Waals surface area contributed by atoms with Gasteiger partial charge in [-0.15, -0.1) is 11.3 Å². The second-order valence-electron chi connectivity index (χ2n) is 6.37. The van der Waals surface area contributed by atoms with Crippen LogP contribution in [0, 0.1) is 0 Å². The van der Waals surface area contributed by atoms with Crippen molar-refractivity contribution in [3.8, 4) is 10.7 Å². The summed E-state index contributed by atoms with van der Waals surface area (Å²) >= 11 is 1.65. The largest absolute Gasteiger partial charge is 0.338 e. The van der Waals surface area contributed by atoms with Crippen molar-refractivity contribution < 1.29 is 4.52 Å². The zero-order valence-electron chi connectivity index (χ0n) is 12.8. The van der Waals surface area contributed by atoms with Crippen LogP contribution in [-0.4, -0.2) is 40.2 Å². The molecule has 0 unspecified atom stereocenters. The Morgan fingerprint density at radius 3 is 3.05 bits per heavy atom. The van der Waals surface area contributed by atoms with Gasteiger partial charge in [0, 0.05) is 25.2 Å². The molecular weight excluding hydrogens is 296 g/mol. The summed E-state index contributed by atoms with van der Waals surface area (Å²) in [4.78, 5) is 8.25. The summed E-state index contributed by atoms with van der Waals surface area (Å²) in [5, 5.41) is 9.76. The van der Waals surface area contributed by atoms with Gasteiger partial charge in [0.05, 0.1) is 11.4 Å². The van der Waals surface area contributed by atoms with E-state index in [9.17, 15) is 0 Å². The number of nitrogens with zero attached hydrogens (tertiary/aromatic N) is 3. The number of aromatic nitrogens is 2. The minimum Gasteiger partial charge on any atom is -0.338 e. The number of hydrogen-bond donors (Lipinski definition) is 1. The zero-order chi connectivity index (χ0) is 14.8. The van der Waals surface area contributed by atoms with Crippen molar-refractivity contribution in [2.45, 2.75) is 44.2 Å². The van der Waals surface area contributed by atoms with Crippen LogP contribution >= 0.6 is 11.3 Å². The highest BCUT2D eigenvalue weighted by atomic mass is 32.1. The molecule has 0 amide bonds. The van der Waals surface area contributed by atoms with Crippen molar-refractivity contribution in [3.05, 3.63) is 23.4 Å². The van der Waals surface area contributed by atoms with E-state index < -0.39 is 0 Å². The monoisotopic (exact) mass is 318 g/mol. The van der Waals surface area contributed by atoms with Crippen LogP contribution in [0.4, 0.5) is 0 Å². The Hall–Kier alpha value is -1.24.